The smallest absolute Gasteiger partial charge is 0.194 e. The second kappa shape index (κ2) is 7.15. The van der Waals surface area contributed by atoms with Crippen molar-refractivity contribution in [3.63, 3.8) is 0 Å². The van der Waals surface area contributed by atoms with Crippen molar-refractivity contribution in [3.8, 4) is 0 Å². The Hall–Kier alpha value is -2.75. The van der Waals surface area contributed by atoms with Gasteiger partial charge in [-0.15, -0.1) is 0 Å². The van der Waals surface area contributed by atoms with Crippen LogP contribution in [0.3, 0.4) is 0 Å². The number of carbonyl (C=O) groups excluding carboxylic acids is 3. The molecule has 0 aromatic heterocycles. The number of carbonyl (C=O) groups is 3. The molecule has 8 rings (SSSR count). The van der Waals surface area contributed by atoms with E-state index in [1.165, 1.54) is 31.2 Å². The van der Waals surface area contributed by atoms with Gasteiger partial charge in [-0.3, -0.25) is 14.4 Å². The van der Waals surface area contributed by atoms with E-state index in [4.69, 9.17) is 0 Å². The lowest BCUT2D eigenvalue weighted by molar-refractivity contribution is -0.150. The summed E-state index contributed by atoms with van der Waals surface area (Å²) in [5, 5.41) is 3.84. The number of hydrogen-bond donors (Lipinski definition) is 1. The number of ketones is 3. The van der Waals surface area contributed by atoms with Gasteiger partial charge in [-0.1, -0.05) is 37.1 Å². The molecular weight excluding hydrogens is 434 g/mol. The maximum atomic E-state index is 13.7. The van der Waals surface area contributed by atoms with Gasteiger partial charge in [-0.25, -0.2) is 0 Å². The van der Waals surface area contributed by atoms with Crippen molar-refractivity contribution in [2.45, 2.75) is 63.3 Å². The number of benzene rings is 2. The minimum Gasteiger partial charge on any atom is -0.382 e. The Morgan fingerprint density at radius 2 is 1.34 bits per heavy atom. The molecule has 1 aliphatic heterocycles. The zero-order chi connectivity index (χ0) is 23.4. The summed E-state index contributed by atoms with van der Waals surface area (Å²) in [6.45, 7) is 0. The Kier molecular flexibility index (Phi) is 4.18. The van der Waals surface area contributed by atoms with E-state index < -0.39 is 0 Å². The molecule has 0 bridgehead atoms. The Morgan fingerprint density at radius 1 is 0.629 bits per heavy atom. The summed E-state index contributed by atoms with van der Waals surface area (Å²) in [6.07, 6.45) is 9.24. The zero-order valence-electron chi connectivity index (χ0n) is 20.0. The van der Waals surface area contributed by atoms with Crippen molar-refractivity contribution in [3.05, 3.63) is 64.2 Å². The summed E-state index contributed by atoms with van der Waals surface area (Å²) in [4.78, 5) is 40.4. The van der Waals surface area contributed by atoms with Crippen molar-refractivity contribution in [1.29, 1.82) is 0 Å². The number of Topliss-reactive ketones (excluding diaryl/α,β-unsaturated/α-hetero) is 1. The SMILES string of the molecule is O=C1c2ccccc2C(=O)c2cc3c(cc21)N[C@@H]1CC[C@@H]2[C@@H]4CCCC[C@@H]4C(=O)[C@H]4CC[C@H]3[C@H]1[C@H]24. The van der Waals surface area contributed by atoms with E-state index in [-0.39, 0.29) is 17.5 Å². The monoisotopic (exact) mass is 465 g/mol. The van der Waals surface area contributed by atoms with Crippen molar-refractivity contribution in [1.82, 2.24) is 0 Å². The first kappa shape index (κ1) is 20.4. The lowest BCUT2D eigenvalue weighted by Gasteiger charge is -2.61. The third-order valence-corrected chi connectivity index (χ3v) is 10.9. The zero-order valence-corrected chi connectivity index (χ0v) is 20.0. The third kappa shape index (κ3) is 2.61. The molecule has 5 aliphatic carbocycles. The van der Waals surface area contributed by atoms with E-state index in [9.17, 15) is 14.4 Å². The molecule has 178 valence electrons. The summed E-state index contributed by atoms with van der Waals surface area (Å²) in [5.74, 6) is 3.66. The normalized spacial score (nSPS) is 38.3. The van der Waals surface area contributed by atoms with Crippen LogP contribution in [0.2, 0.25) is 0 Å². The molecule has 0 unspecified atom stereocenters. The van der Waals surface area contributed by atoms with E-state index in [2.05, 4.69) is 5.32 Å². The largest absolute Gasteiger partial charge is 0.382 e. The standard InChI is InChI=1S/C31H31NO3/c33-29-18-6-2-1-5-15(18)16-11-12-25-28-17(9-10-21(29)27(16)28)22-13-23-24(14-26(22)32-25)31(35)20-8-4-3-7-19(20)30(23)34/h3-4,7-8,13-18,21,25,27-28,32H,1-2,5-6,9-12H2/t15-,16+,17+,18-,21-,25+,27+,28+/m0/s1. The van der Waals surface area contributed by atoms with Crippen LogP contribution in [0.25, 0.3) is 0 Å². The van der Waals surface area contributed by atoms with Crippen molar-refractivity contribution < 1.29 is 14.4 Å². The third-order valence-electron chi connectivity index (χ3n) is 10.9. The topological polar surface area (TPSA) is 63.2 Å². The average molecular weight is 466 g/mol. The fourth-order valence-corrected chi connectivity index (χ4v) is 9.63. The fourth-order valence-electron chi connectivity index (χ4n) is 9.63. The van der Waals surface area contributed by atoms with Gasteiger partial charge in [0.15, 0.2) is 11.6 Å². The summed E-state index contributed by atoms with van der Waals surface area (Å²) >= 11 is 0. The van der Waals surface area contributed by atoms with E-state index >= 15 is 0 Å². The molecule has 35 heavy (non-hydrogen) atoms. The molecule has 1 heterocycles. The van der Waals surface area contributed by atoms with Crippen LogP contribution in [-0.4, -0.2) is 23.4 Å². The molecule has 4 nitrogen and oxygen atoms in total. The van der Waals surface area contributed by atoms with E-state index in [0.717, 1.165) is 31.4 Å². The molecule has 0 radical (unpaired) electrons. The van der Waals surface area contributed by atoms with Gasteiger partial charge in [0.05, 0.1) is 0 Å². The second-order valence-electron chi connectivity index (χ2n) is 12.1. The number of rotatable bonds is 0. The second-order valence-corrected chi connectivity index (χ2v) is 12.1. The molecule has 4 heteroatoms. The quantitative estimate of drug-likeness (QED) is 0.457. The predicted octanol–water partition coefficient (Wildman–Crippen LogP) is 5.78. The lowest BCUT2D eigenvalue weighted by Crippen LogP contribution is -2.60. The Bertz CT molecular complexity index is 1310. The maximum Gasteiger partial charge on any atom is 0.194 e. The molecule has 2 aromatic carbocycles. The number of hydrogen-bond acceptors (Lipinski definition) is 4. The molecule has 1 N–H and O–H groups in total. The van der Waals surface area contributed by atoms with E-state index in [1.54, 1.807) is 12.1 Å². The highest BCUT2D eigenvalue weighted by Crippen LogP contribution is 2.63. The minimum absolute atomic E-state index is 0.0341. The van der Waals surface area contributed by atoms with Gasteiger partial charge in [0.2, 0.25) is 0 Å². The summed E-state index contributed by atoms with van der Waals surface area (Å²) < 4.78 is 0. The maximum absolute atomic E-state index is 13.7. The van der Waals surface area contributed by atoms with Crippen LogP contribution < -0.4 is 5.32 Å². The molecule has 0 spiro atoms. The first-order chi connectivity index (χ1) is 17.1. The molecule has 0 amide bonds. The molecule has 0 saturated heterocycles. The number of fused-ring (bicyclic) bond motifs is 6. The minimum atomic E-state index is -0.0458. The first-order valence-corrected chi connectivity index (χ1v) is 13.8. The Morgan fingerprint density at radius 3 is 2.14 bits per heavy atom. The van der Waals surface area contributed by atoms with Crippen LogP contribution >= 0.6 is 0 Å². The van der Waals surface area contributed by atoms with Gasteiger partial charge in [-0.05, 0) is 85.8 Å². The predicted molar refractivity (Wildman–Crippen MR) is 133 cm³/mol. The lowest BCUT2D eigenvalue weighted by atomic mass is 9.45. The van der Waals surface area contributed by atoms with Crippen LogP contribution in [0.1, 0.15) is 94.7 Å². The van der Waals surface area contributed by atoms with Gasteiger partial charge < -0.3 is 5.32 Å². The number of nitrogens with one attached hydrogen (secondary N) is 1. The highest BCUT2D eigenvalue weighted by atomic mass is 16.1. The summed E-state index contributed by atoms with van der Waals surface area (Å²) in [7, 11) is 0. The highest BCUT2D eigenvalue weighted by molar-refractivity contribution is 6.28. The average Bonchev–Trinajstić information content (AvgIpc) is 2.90. The van der Waals surface area contributed by atoms with Gasteiger partial charge in [0.1, 0.15) is 5.78 Å². The van der Waals surface area contributed by atoms with E-state index in [0.29, 0.717) is 69.6 Å². The Balaban J connectivity index is 1.23. The summed E-state index contributed by atoms with van der Waals surface area (Å²) in [5.41, 5.74) is 4.40. The molecule has 4 saturated carbocycles. The van der Waals surface area contributed by atoms with Gasteiger partial charge >= 0.3 is 0 Å². The molecule has 4 fully saturated rings. The Labute approximate surface area is 205 Å². The van der Waals surface area contributed by atoms with Crippen LogP contribution in [0, 0.1) is 35.5 Å². The first-order valence-electron chi connectivity index (χ1n) is 13.8. The van der Waals surface area contributed by atoms with Crippen LogP contribution in [0.5, 0.6) is 0 Å². The molecule has 6 aliphatic rings. The fraction of sp³-hybridized carbons (Fsp3) is 0.516. The van der Waals surface area contributed by atoms with E-state index in [1.807, 2.05) is 24.3 Å². The van der Waals surface area contributed by atoms with Gasteiger partial charge in [0.25, 0.3) is 0 Å². The van der Waals surface area contributed by atoms with Gasteiger partial charge in [0, 0.05) is 45.8 Å². The highest BCUT2D eigenvalue weighted by Gasteiger charge is 2.59. The molecule has 8 atom stereocenters. The van der Waals surface area contributed by atoms with Crippen LogP contribution in [0.4, 0.5) is 5.69 Å². The summed E-state index contributed by atoms with van der Waals surface area (Å²) in [6, 6.07) is 11.6. The molecular formula is C31H31NO3. The van der Waals surface area contributed by atoms with Crippen molar-refractivity contribution in [2.24, 2.45) is 35.5 Å². The van der Waals surface area contributed by atoms with Gasteiger partial charge in [-0.2, -0.15) is 0 Å². The van der Waals surface area contributed by atoms with Crippen LogP contribution in [0.15, 0.2) is 36.4 Å². The van der Waals surface area contributed by atoms with Crippen LogP contribution in [-0.2, 0) is 4.79 Å². The molecule has 2 aromatic rings. The van der Waals surface area contributed by atoms with Crippen molar-refractivity contribution in [2.75, 3.05) is 5.32 Å². The van der Waals surface area contributed by atoms with Crippen molar-refractivity contribution >= 4 is 23.0 Å². The number of anilines is 1.